The van der Waals surface area contributed by atoms with E-state index in [1.807, 2.05) is 6.07 Å². The summed E-state index contributed by atoms with van der Waals surface area (Å²) >= 11 is 2.21. The van der Waals surface area contributed by atoms with E-state index in [-0.39, 0.29) is 0 Å². The van der Waals surface area contributed by atoms with Gasteiger partial charge < -0.3 is 14.6 Å². The summed E-state index contributed by atoms with van der Waals surface area (Å²) in [7, 11) is 0. The molecule has 3 rings (SSSR count). The van der Waals surface area contributed by atoms with Crippen LogP contribution in [0.15, 0.2) is 16.5 Å². The minimum Gasteiger partial charge on any atom is -0.454 e. The summed E-state index contributed by atoms with van der Waals surface area (Å²) in [5.74, 6) is 1.89. The Balaban J connectivity index is 1.37. The van der Waals surface area contributed by atoms with Gasteiger partial charge in [-0.3, -0.25) is 0 Å². The molecular formula is C13H19IN2O. The molecule has 1 N–H and O–H groups in total. The van der Waals surface area contributed by atoms with Crippen LogP contribution >= 0.6 is 22.6 Å². The predicted octanol–water partition coefficient (Wildman–Crippen LogP) is 2.46. The molecule has 0 aromatic carbocycles. The molecular weight excluding hydrogens is 327 g/mol. The van der Waals surface area contributed by atoms with Gasteiger partial charge in [-0.15, -0.1) is 0 Å². The molecule has 0 bridgehead atoms. The standard InChI is InChI=1S/C13H19IN2O/c14-13-4-3-12(17-13)8-15-7-10-5-6-16(9-10)11-1-2-11/h3-4,10-11,15H,1-2,5-9H2. The van der Waals surface area contributed by atoms with Crippen molar-refractivity contribution in [1.82, 2.24) is 10.2 Å². The second-order valence-electron chi connectivity index (χ2n) is 5.22. The molecule has 1 saturated heterocycles. The Morgan fingerprint density at radius 1 is 1.35 bits per heavy atom. The molecule has 4 heteroatoms. The summed E-state index contributed by atoms with van der Waals surface area (Å²) in [6.07, 6.45) is 4.23. The van der Waals surface area contributed by atoms with E-state index in [0.717, 1.165) is 34.6 Å². The van der Waals surface area contributed by atoms with Crippen LogP contribution in [0, 0.1) is 9.68 Å². The van der Waals surface area contributed by atoms with Gasteiger partial charge in [-0.2, -0.15) is 0 Å². The van der Waals surface area contributed by atoms with Crippen molar-refractivity contribution in [3.8, 4) is 0 Å². The number of halogens is 1. The molecule has 2 aliphatic rings. The minimum absolute atomic E-state index is 0.838. The van der Waals surface area contributed by atoms with Crippen LogP contribution in [-0.4, -0.2) is 30.6 Å². The lowest BCUT2D eigenvalue weighted by atomic mass is 10.1. The van der Waals surface area contributed by atoms with Crippen LogP contribution in [0.5, 0.6) is 0 Å². The maximum absolute atomic E-state index is 5.53. The Morgan fingerprint density at radius 2 is 2.24 bits per heavy atom. The molecule has 2 fully saturated rings. The number of furan rings is 1. The Hall–Kier alpha value is -0.0700. The highest BCUT2D eigenvalue weighted by Crippen LogP contribution is 2.31. The van der Waals surface area contributed by atoms with E-state index in [4.69, 9.17) is 4.42 Å². The van der Waals surface area contributed by atoms with E-state index in [1.165, 1.54) is 32.4 Å². The largest absolute Gasteiger partial charge is 0.454 e. The zero-order valence-electron chi connectivity index (χ0n) is 9.99. The maximum Gasteiger partial charge on any atom is 0.164 e. The highest BCUT2D eigenvalue weighted by molar-refractivity contribution is 14.1. The maximum atomic E-state index is 5.53. The number of hydrogen-bond donors (Lipinski definition) is 1. The van der Waals surface area contributed by atoms with E-state index < -0.39 is 0 Å². The lowest BCUT2D eigenvalue weighted by molar-refractivity contribution is 0.311. The van der Waals surface area contributed by atoms with Crippen molar-refractivity contribution in [2.45, 2.75) is 31.8 Å². The summed E-state index contributed by atoms with van der Waals surface area (Å²) in [6, 6.07) is 5.01. The Morgan fingerprint density at radius 3 is 2.94 bits per heavy atom. The monoisotopic (exact) mass is 346 g/mol. The third-order valence-electron chi connectivity index (χ3n) is 3.74. The van der Waals surface area contributed by atoms with Crippen molar-refractivity contribution in [2.24, 2.45) is 5.92 Å². The van der Waals surface area contributed by atoms with Gasteiger partial charge in [0.1, 0.15) is 5.76 Å². The topological polar surface area (TPSA) is 28.4 Å². The third kappa shape index (κ3) is 3.23. The van der Waals surface area contributed by atoms with Gasteiger partial charge in [0.15, 0.2) is 3.77 Å². The molecule has 1 aromatic heterocycles. The van der Waals surface area contributed by atoms with Crippen molar-refractivity contribution < 1.29 is 4.42 Å². The summed E-state index contributed by atoms with van der Waals surface area (Å²) in [5, 5.41) is 3.51. The van der Waals surface area contributed by atoms with Crippen molar-refractivity contribution in [2.75, 3.05) is 19.6 Å². The van der Waals surface area contributed by atoms with Crippen LogP contribution in [-0.2, 0) is 6.54 Å². The number of nitrogens with zero attached hydrogens (tertiary/aromatic N) is 1. The molecule has 1 aromatic rings. The lowest BCUT2D eigenvalue weighted by Gasteiger charge is -2.14. The SMILES string of the molecule is Ic1ccc(CNCC2CCN(C3CC3)C2)o1. The van der Waals surface area contributed by atoms with E-state index in [1.54, 1.807) is 0 Å². The average molecular weight is 346 g/mol. The number of nitrogens with one attached hydrogen (secondary N) is 1. The molecule has 3 nitrogen and oxygen atoms in total. The van der Waals surface area contributed by atoms with Gasteiger partial charge in [0.2, 0.25) is 0 Å². The van der Waals surface area contributed by atoms with E-state index >= 15 is 0 Å². The van der Waals surface area contributed by atoms with Gasteiger partial charge in [0, 0.05) is 12.6 Å². The lowest BCUT2D eigenvalue weighted by Crippen LogP contribution is -2.27. The molecule has 1 atom stereocenters. The zero-order chi connectivity index (χ0) is 11.7. The van der Waals surface area contributed by atoms with Crippen LogP contribution < -0.4 is 5.32 Å². The molecule has 1 aliphatic carbocycles. The molecule has 0 amide bonds. The van der Waals surface area contributed by atoms with Gasteiger partial charge >= 0.3 is 0 Å². The quantitative estimate of drug-likeness (QED) is 0.831. The Kier molecular flexibility index (Phi) is 3.72. The van der Waals surface area contributed by atoms with E-state index in [0.29, 0.717) is 0 Å². The molecule has 94 valence electrons. The van der Waals surface area contributed by atoms with E-state index in [2.05, 4.69) is 38.9 Å². The molecule has 0 radical (unpaired) electrons. The summed E-state index contributed by atoms with van der Waals surface area (Å²) in [5.41, 5.74) is 0. The third-order valence-corrected chi connectivity index (χ3v) is 4.32. The number of likely N-dealkylation sites (tertiary alicyclic amines) is 1. The second-order valence-corrected chi connectivity index (χ2v) is 6.28. The Labute approximate surface area is 116 Å². The summed E-state index contributed by atoms with van der Waals surface area (Å²) < 4.78 is 6.50. The fourth-order valence-corrected chi connectivity index (χ4v) is 3.11. The van der Waals surface area contributed by atoms with Gasteiger partial charge in [-0.05, 0) is 73.0 Å². The number of hydrogen-bond acceptors (Lipinski definition) is 3. The summed E-state index contributed by atoms with van der Waals surface area (Å²) in [6.45, 7) is 4.60. The van der Waals surface area contributed by atoms with Gasteiger partial charge in [0.25, 0.3) is 0 Å². The van der Waals surface area contributed by atoms with Gasteiger partial charge in [-0.25, -0.2) is 0 Å². The fourth-order valence-electron chi connectivity index (χ4n) is 2.65. The van der Waals surface area contributed by atoms with Crippen molar-refractivity contribution in [3.05, 3.63) is 21.7 Å². The zero-order valence-corrected chi connectivity index (χ0v) is 12.2. The second kappa shape index (κ2) is 5.28. The van der Waals surface area contributed by atoms with Crippen LogP contribution in [0.1, 0.15) is 25.0 Å². The normalized spacial score (nSPS) is 25.6. The minimum atomic E-state index is 0.838. The Bertz CT molecular complexity index is 375. The van der Waals surface area contributed by atoms with E-state index in [9.17, 15) is 0 Å². The molecule has 0 spiro atoms. The summed E-state index contributed by atoms with van der Waals surface area (Å²) in [4.78, 5) is 2.67. The fraction of sp³-hybridized carbons (Fsp3) is 0.692. The van der Waals surface area contributed by atoms with Gasteiger partial charge in [-0.1, -0.05) is 0 Å². The highest BCUT2D eigenvalue weighted by atomic mass is 127. The van der Waals surface area contributed by atoms with Crippen LogP contribution in [0.4, 0.5) is 0 Å². The predicted molar refractivity (Wildman–Crippen MR) is 75.8 cm³/mol. The first-order valence-electron chi connectivity index (χ1n) is 6.50. The van der Waals surface area contributed by atoms with Crippen molar-refractivity contribution in [1.29, 1.82) is 0 Å². The van der Waals surface area contributed by atoms with Crippen molar-refractivity contribution in [3.63, 3.8) is 0 Å². The first-order chi connectivity index (χ1) is 8.31. The molecule has 1 unspecified atom stereocenters. The average Bonchev–Trinajstić information content (AvgIpc) is 2.93. The van der Waals surface area contributed by atoms with Crippen LogP contribution in [0.25, 0.3) is 0 Å². The molecule has 1 aliphatic heterocycles. The first kappa shape index (κ1) is 12.0. The number of rotatable bonds is 5. The smallest absolute Gasteiger partial charge is 0.164 e. The van der Waals surface area contributed by atoms with Crippen LogP contribution in [0.3, 0.4) is 0 Å². The first-order valence-corrected chi connectivity index (χ1v) is 7.58. The molecule has 17 heavy (non-hydrogen) atoms. The van der Waals surface area contributed by atoms with Crippen molar-refractivity contribution >= 4 is 22.6 Å². The molecule has 2 heterocycles. The van der Waals surface area contributed by atoms with Crippen LogP contribution in [0.2, 0.25) is 0 Å². The molecule has 1 saturated carbocycles. The highest BCUT2D eigenvalue weighted by Gasteiger charge is 2.33. The van der Waals surface area contributed by atoms with Gasteiger partial charge in [0.05, 0.1) is 6.54 Å².